The van der Waals surface area contributed by atoms with Crippen molar-refractivity contribution in [3.8, 4) is 12.3 Å². The number of pyridine rings is 1. The highest BCUT2D eigenvalue weighted by atomic mass is 14.6. The highest BCUT2D eigenvalue weighted by molar-refractivity contribution is 5.83. The quantitative estimate of drug-likeness (QED) is 0.526. The first-order valence-corrected chi connectivity index (χ1v) is 3.63. The van der Waals surface area contributed by atoms with Crippen molar-refractivity contribution in [1.29, 1.82) is 0 Å². The summed E-state index contributed by atoms with van der Waals surface area (Å²) in [7, 11) is 0. The van der Waals surface area contributed by atoms with E-state index in [1.807, 2.05) is 24.3 Å². The largest absolute Gasteiger partial charge is 0.254 e. The third kappa shape index (κ3) is 0.943. The molecule has 0 atom stereocenters. The number of aromatic nitrogens is 1. The summed E-state index contributed by atoms with van der Waals surface area (Å²) in [6.07, 6.45) is 6.94. The topological polar surface area (TPSA) is 12.9 Å². The van der Waals surface area contributed by atoms with Gasteiger partial charge in [-0.1, -0.05) is 18.1 Å². The Bertz CT molecular complexity index is 447. The molecule has 0 saturated heterocycles. The van der Waals surface area contributed by atoms with Gasteiger partial charge in [-0.15, -0.1) is 6.42 Å². The van der Waals surface area contributed by atoms with Crippen molar-refractivity contribution in [2.45, 2.75) is 0 Å². The van der Waals surface area contributed by atoms with Crippen molar-refractivity contribution in [2.24, 2.45) is 0 Å². The maximum absolute atomic E-state index is 5.32. The van der Waals surface area contributed by atoms with Crippen molar-refractivity contribution in [3.05, 3.63) is 42.1 Å². The van der Waals surface area contributed by atoms with Gasteiger partial charge in [0.15, 0.2) is 0 Å². The Hall–Kier alpha value is -1.81. The van der Waals surface area contributed by atoms with Crippen LogP contribution in [0.4, 0.5) is 0 Å². The summed E-state index contributed by atoms with van der Waals surface area (Å²) in [4.78, 5) is 4.15. The Kier molecular flexibility index (Phi) is 1.53. The molecule has 0 spiro atoms. The van der Waals surface area contributed by atoms with Gasteiger partial charge < -0.3 is 0 Å². The van der Waals surface area contributed by atoms with Crippen LogP contribution in [0.3, 0.4) is 0 Å². The average molecular weight is 152 g/mol. The van der Waals surface area contributed by atoms with Crippen LogP contribution in [0.5, 0.6) is 0 Å². The van der Waals surface area contributed by atoms with E-state index in [1.54, 1.807) is 6.20 Å². The molecule has 1 heteroatoms. The molecule has 2 rings (SSSR count). The molecule has 0 N–H and O–H groups in total. The van der Waals surface area contributed by atoms with Crippen LogP contribution in [-0.2, 0) is 0 Å². The number of para-hydroxylation sites is 1. The molecule has 0 saturated carbocycles. The van der Waals surface area contributed by atoms with Gasteiger partial charge in [0.05, 0.1) is 11.1 Å². The van der Waals surface area contributed by atoms with Gasteiger partial charge in [0.2, 0.25) is 0 Å². The van der Waals surface area contributed by atoms with E-state index >= 15 is 0 Å². The molecule has 1 aromatic heterocycles. The maximum Gasteiger partial charge on any atom is 0.0858 e. The highest BCUT2D eigenvalue weighted by Gasteiger charge is 1.96. The molecular formula is C11H6N. The number of hydrogen-bond donors (Lipinski definition) is 0. The van der Waals surface area contributed by atoms with E-state index in [9.17, 15) is 0 Å². The molecule has 0 fully saturated rings. The SMILES string of the molecule is C#Cc1cccc2c[c]cnc12. The first-order valence-electron chi connectivity index (χ1n) is 3.63. The van der Waals surface area contributed by atoms with E-state index < -0.39 is 0 Å². The van der Waals surface area contributed by atoms with Crippen LogP contribution in [-0.4, -0.2) is 4.98 Å². The lowest BCUT2D eigenvalue weighted by Gasteiger charge is -1.96. The molecule has 1 heterocycles. The van der Waals surface area contributed by atoms with Gasteiger partial charge in [-0.2, -0.15) is 0 Å². The Morgan fingerprint density at radius 2 is 2.33 bits per heavy atom. The number of hydrogen-bond acceptors (Lipinski definition) is 1. The lowest BCUT2D eigenvalue weighted by atomic mass is 10.1. The monoisotopic (exact) mass is 152 g/mol. The molecule has 1 radical (unpaired) electrons. The molecule has 0 amide bonds. The first kappa shape index (κ1) is 6.87. The van der Waals surface area contributed by atoms with Gasteiger partial charge in [0.1, 0.15) is 0 Å². The lowest BCUT2D eigenvalue weighted by molar-refractivity contribution is 1.40. The third-order valence-electron chi connectivity index (χ3n) is 1.73. The zero-order valence-electron chi connectivity index (χ0n) is 6.41. The first-order chi connectivity index (χ1) is 5.92. The van der Waals surface area contributed by atoms with Crippen molar-refractivity contribution in [1.82, 2.24) is 4.98 Å². The zero-order valence-corrected chi connectivity index (χ0v) is 6.41. The molecule has 1 aromatic carbocycles. The van der Waals surface area contributed by atoms with Gasteiger partial charge in [-0.25, -0.2) is 0 Å². The predicted molar refractivity (Wildman–Crippen MR) is 48.5 cm³/mol. The van der Waals surface area contributed by atoms with Crippen molar-refractivity contribution >= 4 is 10.9 Å². The van der Waals surface area contributed by atoms with E-state index in [0.717, 1.165) is 16.5 Å². The summed E-state index contributed by atoms with van der Waals surface area (Å²) in [6, 6.07) is 10.6. The summed E-state index contributed by atoms with van der Waals surface area (Å²) >= 11 is 0. The summed E-state index contributed by atoms with van der Waals surface area (Å²) in [5.41, 5.74) is 1.71. The van der Waals surface area contributed by atoms with E-state index in [1.165, 1.54) is 0 Å². The second-order valence-corrected chi connectivity index (χ2v) is 2.46. The van der Waals surface area contributed by atoms with Crippen LogP contribution >= 0.6 is 0 Å². The number of rotatable bonds is 0. The summed E-state index contributed by atoms with van der Waals surface area (Å²) < 4.78 is 0. The fourth-order valence-electron chi connectivity index (χ4n) is 1.17. The minimum Gasteiger partial charge on any atom is -0.254 e. The summed E-state index contributed by atoms with van der Waals surface area (Å²) in [6.45, 7) is 0. The predicted octanol–water partition coefficient (Wildman–Crippen LogP) is 2.02. The van der Waals surface area contributed by atoms with Crippen LogP contribution in [0.1, 0.15) is 5.56 Å². The van der Waals surface area contributed by atoms with Crippen molar-refractivity contribution < 1.29 is 0 Å². The van der Waals surface area contributed by atoms with Crippen LogP contribution in [0.15, 0.2) is 30.5 Å². The standard InChI is InChI=1S/C11H6N/c1-2-9-5-3-6-10-7-4-8-12-11(9)10/h1,3,5-8H. The van der Waals surface area contributed by atoms with Crippen molar-refractivity contribution in [2.75, 3.05) is 0 Å². The maximum atomic E-state index is 5.32. The lowest BCUT2D eigenvalue weighted by Crippen LogP contribution is -1.81. The van der Waals surface area contributed by atoms with Gasteiger partial charge in [0.25, 0.3) is 0 Å². The fourth-order valence-corrected chi connectivity index (χ4v) is 1.17. The fraction of sp³-hybridized carbons (Fsp3) is 0. The molecular weight excluding hydrogens is 146 g/mol. The molecule has 0 bridgehead atoms. The average Bonchev–Trinajstić information content (AvgIpc) is 2.17. The zero-order chi connectivity index (χ0) is 8.39. The molecule has 1 nitrogen and oxygen atoms in total. The van der Waals surface area contributed by atoms with Gasteiger partial charge in [-0.05, 0) is 12.1 Å². The summed E-state index contributed by atoms with van der Waals surface area (Å²) in [5.74, 6) is 2.59. The van der Waals surface area contributed by atoms with E-state index in [-0.39, 0.29) is 0 Å². The molecule has 0 aliphatic rings. The highest BCUT2D eigenvalue weighted by Crippen LogP contribution is 2.13. The Labute approximate surface area is 71.1 Å². The molecule has 0 aliphatic carbocycles. The van der Waals surface area contributed by atoms with E-state index in [4.69, 9.17) is 6.42 Å². The van der Waals surface area contributed by atoms with Gasteiger partial charge in [-0.3, -0.25) is 4.98 Å². The van der Waals surface area contributed by atoms with E-state index in [2.05, 4.69) is 17.0 Å². The molecule has 55 valence electrons. The normalized spacial score (nSPS) is 9.58. The smallest absolute Gasteiger partial charge is 0.0858 e. The number of fused-ring (bicyclic) bond motifs is 1. The molecule has 0 unspecified atom stereocenters. The number of nitrogens with zero attached hydrogens (tertiary/aromatic N) is 1. The van der Waals surface area contributed by atoms with Gasteiger partial charge >= 0.3 is 0 Å². The molecule has 2 aromatic rings. The third-order valence-corrected chi connectivity index (χ3v) is 1.73. The Morgan fingerprint density at radius 1 is 1.42 bits per heavy atom. The van der Waals surface area contributed by atoms with E-state index in [0.29, 0.717) is 0 Å². The van der Waals surface area contributed by atoms with Crippen LogP contribution in [0.25, 0.3) is 10.9 Å². The molecule has 12 heavy (non-hydrogen) atoms. The van der Waals surface area contributed by atoms with Crippen molar-refractivity contribution in [3.63, 3.8) is 0 Å². The molecule has 0 aliphatic heterocycles. The number of terminal acetylenes is 1. The van der Waals surface area contributed by atoms with Gasteiger partial charge in [0, 0.05) is 17.6 Å². The summed E-state index contributed by atoms with van der Waals surface area (Å²) in [5, 5.41) is 1.04. The minimum absolute atomic E-state index is 0.835. The Balaban J connectivity index is 2.91. The second kappa shape index (κ2) is 2.67. The minimum atomic E-state index is 0.835. The van der Waals surface area contributed by atoms with Crippen LogP contribution < -0.4 is 0 Å². The van der Waals surface area contributed by atoms with Crippen LogP contribution in [0.2, 0.25) is 0 Å². The Morgan fingerprint density at radius 3 is 3.17 bits per heavy atom. The van der Waals surface area contributed by atoms with Crippen LogP contribution in [0, 0.1) is 18.4 Å². The second-order valence-electron chi connectivity index (χ2n) is 2.46. The number of benzene rings is 1.